The molecule has 0 fully saturated rings. The van der Waals surface area contributed by atoms with E-state index >= 15 is 0 Å². The van der Waals surface area contributed by atoms with Crippen LogP contribution in [0.25, 0.3) is 0 Å². The van der Waals surface area contributed by atoms with Crippen molar-refractivity contribution in [2.45, 2.75) is 13.3 Å². The Hall–Kier alpha value is -0.860. The molecule has 0 aromatic heterocycles. The summed E-state index contributed by atoms with van der Waals surface area (Å²) in [5.41, 5.74) is 0. The number of hydrogen-bond acceptors (Lipinski definition) is 1. The molecule has 0 aromatic carbocycles. The summed E-state index contributed by atoms with van der Waals surface area (Å²) >= 11 is 0. The van der Waals surface area contributed by atoms with Gasteiger partial charge in [0.05, 0.1) is 0 Å². The molecule has 0 saturated carbocycles. The van der Waals surface area contributed by atoms with E-state index in [2.05, 4.69) is 6.72 Å². The monoisotopic (exact) mass is 132 g/mol. The van der Waals surface area contributed by atoms with E-state index in [1.54, 1.807) is 11.5 Å². The molecule has 3 heteroatoms. The second-order valence-electron chi connectivity index (χ2n) is 1.83. The maximum absolute atomic E-state index is 9.37. The normalized spacial score (nSPS) is 7.00. The highest BCUT2D eigenvalue weighted by atomic mass is 16.4. The molecule has 0 aliphatic rings. The molecule has 0 unspecified atom stereocenters. The smallest absolute Gasteiger partial charge is 0.303 e. The Morgan fingerprint density at radius 1 is 1.67 bits per heavy atom. The number of carbonyl (C=O) groups is 1. The summed E-state index contributed by atoms with van der Waals surface area (Å²) in [5.74, 6) is -0.745. The van der Waals surface area contributed by atoms with Gasteiger partial charge < -0.3 is 5.11 Å². The number of nitrogens with zero attached hydrogens (tertiary/aromatic N) is 1. The van der Waals surface area contributed by atoms with E-state index in [1.165, 1.54) is 0 Å². The molecule has 3 nitrogen and oxygen atoms in total. The molecule has 0 aliphatic carbocycles. The quantitative estimate of drug-likeness (QED) is 0.415. The summed E-state index contributed by atoms with van der Waals surface area (Å²) in [6.45, 7) is 5.07. The Bertz CT molecular complexity index is 95.2. The molecular weight excluding hydrogens is 118 g/mol. The molecule has 54 valence electrons. The summed E-state index contributed by atoms with van der Waals surface area (Å²) in [7, 11) is 3.78. The first-order valence-electron chi connectivity index (χ1n) is 2.70. The maximum atomic E-state index is 9.37. The van der Waals surface area contributed by atoms with Crippen molar-refractivity contribution < 1.29 is 14.5 Å². The maximum Gasteiger partial charge on any atom is 0.303 e. The van der Waals surface area contributed by atoms with Crippen LogP contribution in [0.1, 0.15) is 13.3 Å². The summed E-state index contributed by atoms with van der Waals surface area (Å²) in [5, 5.41) is 7.72. The molecule has 0 atom stereocenters. The molecule has 0 spiro atoms. The van der Waals surface area contributed by atoms with Gasteiger partial charge in [-0.1, -0.05) is 6.92 Å². The second-order valence-corrected chi connectivity index (χ2v) is 1.83. The third-order valence-corrected chi connectivity index (χ3v) is 0.302. The van der Waals surface area contributed by atoms with E-state index in [9.17, 15) is 4.79 Å². The van der Waals surface area contributed by atoms with Gasteiger partial charge in [-0.15, -0.1) is 0 Å². The molecule has 0 bridgehead atoms. The lowest BCUT2D eigenvalue weighted by atomic mass is 10.5. The van der Waals surface area contributed by atoms with Gasteiger partial charge >= 0.3 is 5.97 Å². The number of hydrogen-bond donors (Lipinski definition) is 1. The highest BCUT2D eigenvalue weighted by Crippen LogP contribution is 1.67. The molecule has 0 rings (SSSR count). The predicted molar refractivity (Wildman–Crippen MR) is 37.2 cm³/mol. The van der Waals surface area contributed by atoms with E-state index in [0.717, 1.165) is 0 Å². The lowest BCUT2D eigenvalue weighted by Gasteiger charge is -1.71. The molecule has 0 saturated heterocycles. The first-order chi connectivity index (χ1) is 4.00. The van der Waals surface area contributed by atoms with Crippen molar-refractivity contribution >= 4 is 12.7 Å². The van der Waals surface area contributed by atoms with E-state index in [1.807, 2.05) is 14.1 Å². The fraction of sp³-hybridized carbons (Fsp3) is 0.667. The minimum atomic E-state index is -0.745. The fourth-order valence-corrected chi connectivity index (χ4v) is 0. The lowest BCUT2D eigenvalue weighted by Crippen LogP contribution is -1.86. The zero-order valence-corrected chi connectivity index (χ0v) is 6.22. The van der Waals surface area contributed by atoms with Gasteiger partial charge in [0, 0.05) is 6.42 Å². The lowest BCUT2D eigenvalue weighted by molar-refractivity contribution is -0.454. The van der Waals surface area contributed by atoms with Crippen LogP contribution in [-0.4, -0.2) is 36.5 Å². The number of rotatable bonds is 1. The van der Waals surface area contributed by atoms with Gasteiger partial charge in [-0.3, -0.25) is 4.79 Å². The third kappa shape index (κ3) is 145. The predicted octanol–water partition coefficient (Wildman–Crippen LogP) is 0.440. The third-order valence-electron chi connectivity index (χ3n) is 0.302. The molecule has 0 heterocycles. The van der Waals surface area contributed by atoms with Gasteiger partial charge in [0.1, 0.15) is 20.8 Å². The highest BCUT2D eigenvalue weighted by Gasteiger charge is 1.80. The second kappa shape index (κ2) is 7.14. The number of carboxylic acids is 1. The van der Waals surface area contributed by atoms with Crippen LogP contribution in [0.15, 0.2) is 0 Å². The average molecular weight is 132 g/mol. The molecule has 1 N–H and O–H groups in total. The van der Waals surface area contributed by atoms with Crippen LogP contribution >= 0.6 is 0 Å². The minimum absolute atomic E-state index is 0.222. The van der Waals surface area contributed by atoms with Crippen LogP contribution in [0.5, 0.6) is 0 Å². The van der Waals surface area contributed by atoms with Crippen molar-refractivity contribution in [1.29, 1.82) is 0 Å². The van der Waals surface area contributed by atoms with Gasteiger partial charge in [-0.25, -0.2) is 4.58 Å². The Balaban J connectivity index is 0. The first-order valence-corrected chi connectivity index (χ1v) is 2.70. The zero-order chi connectivity index (χ0) is 7.86. The Kier molecular flexibility index (Phi) is 8.73. The summed E-state index contributed by atoms with van der Waals surface area (Å²) in [4.78, 5) is 9.37. The van der Waals surface area contributed by atoms with E-state index < -0.39 is 5.97 Å². The Morgan fingerprint density at radius 2 is 1.78 bits per heavy atom. The Morgan fingerprint density at radius 3 is 1.78 bits per heavy atom. The van der Waals surface area contributed by atoms with Gasteiger partial charge in [0.2, 0.25) is 0 Å². The first kappa shape index (κ1) is 11.0. The van der Waals surface area contributed by atoms with Crippen LogP contribution in [0.2, 0.25) is 0 Å². The van der Waals surface area contributed by atoms with Crippen molar-refractivity contribution in [1.82, 2.24) is 0 Å². The molecule has 0 aliphatic heterocycles. The largest absolute Gasteiger partial charge is 0.481 e. The topological polar surface area (TPSA) is 40.3 Å². The zero-order valence-electron chi connectivity index (χ0n) is 6.22. The Labute approximate surface area is 55.6 Å². The van der Waals surface area contributed by atoms with Gasteiger partial charge in [0.15, 0.2) is 0 Å². The standard InChI is InChI=1S/C3H8N.C3H6O2/c1-4(2)3;1-2-3(4)5/h1H2,2-3H3;2H2,1H3,(H,4,5)/q+1;. The van der Waals surface area contributed by atoms with Crippen LogP contribution in [-0.2, 0) is 4.79 Å². The van der Waals surface area contributed by atoms with Crippen molar-refractivity contribution in [2.75, 3.05) is 14.1 Å². The van der Waals surface area contributed by atoms with Crippen molar-refractivity contribution in [3.8, 4) is 0 Å². The van der Waals surface area contributed by atoms with E-state index in [0.29, 0.717) is 0 Å². The molecular formula is C6H14NO2+. The van der Waals surface area contributed by atoms with Gasteiger partial charge in [0.25, 0.3) is 0 Å². The molecule has 0 aromatic rings. The summed E-state index contributed by atoms with van der Waals surface area (Å²) in [6, 6.07) is 0. The van der Waals surface area contributed by atoms with E-state index in [-0.39, 0.29) is 6.42 Å². The highest BCUT2D eigenvalue weighted by molar-refractivity contribution is 5.66. The molecule has 0 radical (unpaired) electrons. The van der Waals surface area contributed by atoms with Crippen molar-refractivity contribution in [3.63, 3.8) is 0 Å². The van der Waals surface area contributed by atoms with Crippen LogP contribution in [0.4, 0.5) is 0 Å². The molecule has 0 amide bonds. The van der Waals surface area contributed by atoms with Gasteiger partial charge in [-0.2, -0.15) is 0 Å². The number of aliphatic carboxylic acids is 1. The SMILES string of the molecule is C=[N+](C)C.CCC(=O)O. The van der Waals surface area contributed by atoms with Crippen molar-refractivity contribution in [2.24, 2.45) is 0 Å². The minimum Gasteiger partial charge on any atom is -0.481 e. The number of carboxylic acid groups (broad SMARTS) is 1. The molecule has 9 heavy (non-hydrogen) atoms. The van der Waals surface area contributed by atoms with E-state index in [4.69, 9.17) is 5.11 Å². The average Bonchev–Trinajstić information content (AvgIpc) is 1.65. The van der Waals surface area contributed by atoms with Crippen LogP contribution < -0.4 is 0 Å². The van der Waals surface area contributed by atoms with Gasteiger partial charge in [-0.05, 0) is 0 Å². The summed E-state index contributed by atoms with van der Waals surface area (Å²) < 4.78 is 1.75. The van der Waals surface area contributed by atoms with Crippen molar-refractivity contribution in [3.05, 3.63) is 0 Å². The van der Waals surface area contributed by atoms with Crippen LogP contribution in [0, 0.1) is 0 Å². The summed E-state index contributed by atoms with van der Waals surface area (Å²) in [6.07, 6.45) is 0.222. The fourth-order valence-electron chi connectivity index (χ4n) is 0. The van der Waals surface area contributed by atoms with Crippen LogP contribution in [0.3, 0.4) is 0 Å².